The number of halogens is 1. The fourth-order valence-corrected chi connectivity index (χ4v) is 2.59. The first-order valence-corrected chi connectivity index (χ1v) is 8.97. The Kier molecular flexibility index (Phi) is 6.57. The molecule has 0 fully saturated rings. The van der Waals surface area contributed by atoms with Crippen LogP contribution in [0.4, 0.5) is 0 Å². The Labute approximate surface area is 161 Å². The Hall–Kier alpha value is -2.70. The van der Waals surface area contributed by atoms with E-state index >= 15 is 0 Å². The van der Waals surface area contributed by atoms with Crippen molar-refractivity contribution in [1.29, 1.82) is 0 Å². The van der Waals surface area contributed by atoms with Crippen LogP contribution in [0.25, 0.3) is 11.4 Å². The number of hydrogen-bond donors (Lipinski definition) is 1. The van der Waals surface area contributed by atoms with Crippen molar-refractivity contribution in [2.75, 3.05) is 0 Å². The molecule has 1 aromatic heterocycles. The van der Waals surface area contributed by atoms with Gasteiger partial charge in [-0.3, -0.25) is 0 Å². The Morgan fingerprint density at radius 3 is 2.63 bits per heavy atom. The molecular weight excluding hydrogens is 368 g/mol. The Morgan fingerprint density at radius 1 is 1.15 bits per heavy atom. The molecule has 0 saturated carbocycles. The van der Waals surface area contributed by atoms with Gasteiger partial charge in [0, 0.05) is 17.0 Å². The van der Waals surface area contributed by atoms with E-state index in [1.165, 1.54) is 0 Å². The molecule has 0 bridgehead atoms. The molecule has 1 heterocycles. The van der Waals surface area contributed by atoms with Crippen LogP contribution in [0.2, 0.25) is 5.02 Å². The topological polar surface area (TPSA) is 85.5 Å². The first-order chi connectivity index (χ1) is 13.1. The summed E-state index contributed by atoms with van der Waals surface area (Å²) >= 11 is 5.86. The molecule has 0 aliphatic rings. The highest BCUT2D eigenvalue weighted by Crippen LogP contribution is 2.19. The number of carbonyl (C=O) groups excluding carboxylic acids is 1. The third-order valence-corrected chi connectivity index (χ3v) is 4.19. The van der Waals surface area contributed by atoms with E-state index in [0.717, 1.165) is 11.1 Å². The molecule has 27 heavy (non-hydrogen) atoms. The number of esters is 1. The molecule has 0 spiro atoms. The quantitative estimate of drug-likeness (QED) is 0.592. The number of aliphatic hydroxyl groups excluding tert-OH is 1. The van der Waals surface area contributed by atoms with Crippen molar-refractivity contribution in [1.82, 2.24) is 10.1 Å². The number of rotatable bonds is 8. The van der Waals surface area contributed by atoms with Gasteiger partial charge in [-0.05, 0) is 42.7 Å². The largest absolute Gasteiger partial charge is 0.459 e. The summed E-state index contributed by atoms with van der Waals surface area (Å²) < 4.78 is 10.3. The molecule has 0 aliphatic heterocycles. The number of aliphatic hydroxyl groups is 1. The second kappa shape index (κ2) is 9.30. The van der Waals surface area contributed by atoms with Gasteiger partial charge in [0.25, 0.3) is 0 Å². The molecule has 2 aromatic carbocycles. The van der Waals surface area contributed by atoms with E-state index in [4.69, 9.17) is 20.9 Å². The second-order valence-electron chi connectivity index (χ2n) is 6.02. The first-order valence-electron chi connectivity index (χ1n) is 8.59. The van der Waals surface area contributed by atoms with Crippen molar-refractivity contribution in [2.45, 2.75) is 32.0 Å². The summed E-state index contributed by atoms with van der Waals surface area (Å²) in [6.45, 7) is 0.144. The van der Waals surface area contributed by atoms with Crippen LogP contribution in [0.15, 0.2) is 59.1 Å². The highest BCUT2D eigenvalue weighted by Gasteiger charge is 2.17. The number of nitrogens with zero attached hydrogens (tertiary/aromatic N) is 2. The molecule has 1 atom stereocenters. The van der Waals surface area contributed by atoms with E-state index in [1.807, 2.05) is 42.5 Å². The number of aryl methyl sites for hydroxylation is 1. The maximum Gasteiger partial charge on any atom is 0.335 e. The SMILES string of the molecule is O=C(OCc1ccccc1)C(O)CCCc1nc(-c2ccc(Cl)cc2)no1. The number of ether oxygens (including phenoxy) is 1. The van der Waals surface area contributed by atoms with Crippen LogP contribution < -0.4 is 0 Å². The monoisotopic (exact) mass is 386 g/mol. The highest BCUT2D eigenvalue weighted by atomic mass is 35.5. The zero-order chi connectivity index (χ0) is 19.1. The van der Waals surface area contributed by atoms with Crippen LogP contribution in [0.3, 0.4) is 0 Å². The third-order valence-electron chi connectivity index (χ3n) is 3.93. The molecule has 1 unspecified atom stereocenters. The van der Waals surface area contributed by atoms with E-state index in [0.29, 0.717) is 29.6 Å². The fourth-order valence-electron chi connectivity index (χ4n) is 2.46. The van der Waals surface area contributed by atoms with Crippen molar-refractivity contribution >= 4 is 17.6 Å². The number of aromatic nitrogens is 2. The van der Waals surface area contributed by atoms with Crippen molar-refractivity contribution in [3.63, 3.8) is 0 Å². The summed E-state index contributed by atoms with van der Waals surface area (Å²) in [6, 6.07) is 16.4. The van der Waals surface area contributed by atoms with E-state index in [1.54, 1.807) is 12.1 Å². The maximum absolute atomic E-state index is 11.8. The molecule has 0 amide bonds. The molecule has 0 aliphatic carbocycles. The van der Waals surface area contributed by atoms with Crippen LogP contribution in [-0.4, -0.2) is 27.3 Å². The normalized spacial score (nSPS) is 11.9. The van der Waals surface area contributed by atoms with Gasteiger partial charge in [0.1, 0.15) is 6.61 Å². The van der Waals surface area contributed by atoms with Crippen molar-refractivity contribution < 1.29 is 19.2 Å². The standard InChI is InChI=1S/C20H19ClN2O4/c21-16-11-9-15(10-12-16)19-22-18(27-23-19)8-4-7-17(24)20(25)26-13-14-5-2-1-3-6-14/h1-3,5-6,9-12,17,24H,4,7-8,13H2. The van der Waals surface area contributed by atoms with Gasteiger partial charge in [-0.15, -0.1) is 0 Å². The lowest BCUT2D eigenvalue weighted by atomic mass is 10.1. The van der Waals surface area contributed by atoms with Crippen LogP contribution in [0.1, 0.15) is 24.3 Å². The van der Waals surface area contributed by atoms with Crippen molar-refractivity contribution in [3.8, 4) is 11.4 Å². The fraction of sp³-hybridized carbons (Fsp3) is 0.250. The number of carbonyl (C=O) groups is 1. The third kappa shape index (κ3) is 5.64. The predicted molar refractivity (Wildman–Crippen MR) is 99.9 cm³/mol. The lowest BCUT2D eigenvalue weighted by molar-refractivity contribution is -0.155. The van der Waals surface area contributed by atoms with Gasteiger partial charge >= 0.3 is 5.97 Å². The van der Waals surface area contributed by atoms with Crippen molar-refractivity contribution in [3.05, 3.63) is 71.1 Å². The van der Waals surface area contributed by atoms with Gasteiger partial charge < -0.3 is 14.4 Å². The van der Waals surface area contributed by atoms with Crippen LogP contribution in [0.5, 0.6) is 0 Å². The molecule has 6 nitrogen and oxygen atoms in total. The second-order valence-corrected chi connectivity index (χ2v) is 6.46. The first kappa shape index (κ1) is 19.1. The van der Waals surface area contributed by atoms with Gasteiger partial charge in [-0.2, -0.15) is 4.98 Å². The molecule has 1 N–H and O–H groups in total. The minimum atomic E-state index is -1.17. The minimum absolute atomic E-state index is 0.144. The smallest absolute Gasteiger partial charge is 0.335 e. The zero-order valence-electron chi connectivity index (χ0n) is 14.5. The average molecular weight is 387 g/mol. The summed E-state index contributed by atoms with van der Waals surface area (Å²) in [5, 5.41) is 14.5. The van der Waals surface area contributed by atoms with Gasteiger partial charge in [0.05, 0.1) is 0 Å². The summed E-state index contributed by atoms with van der Waals surface area (Å²) in [7, 11) is 0. The molecule has 140 valence electrons. The minimum Gasteiger partial charge on any atom is -0.459 e. The molecule has 0 radical (unpaired) electrons. The summed E-state index contributed by atoms with van der Waals surface area (Å²) in [6.07, 6.45) is 0.0621. The highest BCUT2D eigenvalue weighted by molar-refractivity contribution is 6.30. The van der Waals surface area contributed by atoms with E-state index in [2.05, 4.69) is 10.1 Å². The van der Waals surface area contributed by atoms with Crippen molar-refractivity contribution in [2.24, 2.45) is 0 Å². The van der Waals surface area contributed by atoms with E-state index in [-0.39, 0.29) is 13.0 Å². The van der Waals surface area contributed by atoms with E-state index < -0.39 is 12.1 Å². The molecule has 3 aromatic rings. The van der Waals surface area contributed by atoms with Gasteiger partial charge in [0.2, 0.25) is 11.7 Å². The van der Waals surface area contributed by atoms with Gasteiger partial charge in [-0.25, -0.2) is 4.79 Å². The predicted octanol–water partition coefficient (Wildman–Crippen LogP) is 3.82. The Bertz CT molecular complexity index is 865. The lowest BCUT2D eigenvalue weighted by Crippen LogP contribution is -2.23. The van der Waals surface area contributed by atoms with Crippen LogP contribution >= 0.6 is 11.6 Å². The van der Waals surface area contributed by atoms with Crippen LogP contribution in [0, 0.1) is 0 Å². The molecule has 3 rings (SSSR count). The summed E-state index contributed by atoms with van der Waals surface area (Å²) in [5.74, 6) is 0.292. The summed E-state index contributed by atoms with van der Waals surface area (Å²) in [5.41, 5.74) is 1.68. The average Bonchev–Trinajstić information content (AvgIpc) is 3.16. The lowest BCUT2D eigenvalue weighted by Gasteiger charge is -2.10. The number of benzene rings is 2. The molecule has 7 heteroatoms. The van der Waals surface area contributed by atoms with E-state index in [9.17, 15) is 9.90 Å². The summed E-state index contributed by atoms with van der Waals surface area (Å²) in [4.78, 5) is 16.2. The Morgan fingerprint density at radius 2 is 1.89 bits per heavy atom. The number of hydrogen-bond acceptors (Lipinski definition) is 6. The Balaban J connectivity index is 1.42. The van der Waals surface area contributed by atoms with Gasteiger partial charge in [0.15, 0.2) is 6.10 Å². The molecular formula is C20H19ClN2O4. The van der Waals surface area contributed by atoms with Gasteiger partial charge in [-0.1, -0.05) is 47.1 Å². The van der Waals surface area contributed by atoms with Crippen LogP contribution in [-0.2, 0) is 22.6 Å². The zero-order valence-corrected chi connectivity index (χ0v) is 15.3. The molecule has 0 saturated heterocycles. The maximum atomic E-state index is 11.8.